The van der Waals surface area contributed by atoms with Gasteiger partial charge in [0.25, 0.3) is 0 Å². The Morgan fingerprint density at radius 1 is 1.29 bits per heavy atom. The maximum atomic E-state index is 11.4. The summed E-state index contributed by atoms with van der Waals surface area (Å²) in [6, 6.07) is 11.9. The number of halogens is 1. The van der Waals surface area contributed by atoms with E-state index in [4.69, 9.17) is 14.5 Å². The van der Waals surface area contributed by atoms with E-state index in [1.165, 1.54) is 6.42 Å². The number of fused-ring (bicyclic) bond motifs is 1. The summed E-state index contributed by atoms with van der Waals surface area (Å²) in [4.78, 5) is 16.4. The van der Waals surface area contributed by atoms with Crippen LogP contribution in [0.1, 0.15) is 58.6 Å². The molecule has 2 aromatic carbocycles. The summed E-state index contributed by atoms with van der Waals surface area (Å²) in [5, 5.41) is 12.9. The van der Waals surface area contributed by atoms with Crippen LogP contribution in [0.4, 0.5) is 11.6 Å². The van der Waals surface area contributed by atoms with Gasteiger partial charge < -0.3 is 24.5 Å². The van der Waals surface area contributed by atoms with Crippen molar-refractivity contribution in [1.29, 1.82) is 0 Å². The summed E-state index contributed by atoms with van der Waals surface area (Å²) < 4.78 is 13.7. The molecule has 8 heteroatoms. The van der Waals surface area contributed by atoms with Gasteiger partial charge in [-0.3, -0.25) is 4.79 Å². The van der Waals surface area contributed by atoms with Crippen LogP contribution in [0.3, 0.4) is 0 Å². The fourth-order valence-corrected chi connectivity index (χ4v) is 5.83. The van der Waals surface area contributed by atoms with Gasteiger partial charge in [0.2, 0.25) is 5.95 Å². The molecule has 0 bridgehead atoms. The van der Waals surface area contributed by atoms with E-state index in [2.05, 4.69) is 53.2 Å². The Labute approximate surface area is 220 Å². The van der Waals surface area contributed by atoms with Gasteiger partial charge >= 0.3 is 5.97 Å². The van der Waals surface area contributed by atoms with Crippen LogP contribution in [-0.2, 0) is 11.2 Å². The molecule has 0 spiro atoms. The molecule has 35 heavy (non-hydrogen) atoms. The fraction of sp³-hybridized carbons (Fsp3) is 0.481. The molecule has 3 unspecified atom stereocenters. The van der Waals surface area contributed by atoms with Gasteiger partial charge in [-0.2, -0.15) is 0 Å². The van der Waals surface area contributed by atoms with Crippen molar-refractivity contribution in [3.05, 3.63) is 42.0 Å². The van der Waals surface area contributed by atoms with Crippen molar-refractivity contribution < 1.29 is 19.4 Å². The van der Waals surface area contributed by atoms with E-state index in [1.807, 2.05) is 43.3 Å². The molecule has 3 atom stereocenters. The van der Waals surface area contributed by atoms with Gasteiger partial charge in [0.1, 0.15) is 15.6 Å². The van der Waals surface area contributed by atoms with Gasteiger partial charge in [-0.25, -0.2) is 4.98 Å². The van der Waals surface area contributed by atoms with Crippen LogP contribution < -0.4 is 14.8 Å². The zero-order valence-corrected chi connectivity index (χ0v) is 23.1. The quantitative estimate of drug-likeness (QED) is 0.218. The van der Waals surface area contributed by atoms with E-state index < -0.39 is 5.97 Å². The first-order valence-electron chi connectivity index (χ1n) is 12.0. The van der Waals surface area contributed by atoms with Gasteiger partial charge in [-0.1, -0.05) is 20.8 Å². The average Bonchev–Trinajstić information content (AvgIpc) is 3.08. The second kappa shape index (κ2) is 10.2. The number of imidazole rings is 1. The van der Waals surface area contributed by atoms with Gasteiger partial charge in [0.15, 0.2) is 0 Å². The highest BCUT2D eigenvalue weighted by molar-refractivity contribution is 14.1. The monoisotopic (exact) mass is 591 g/mol. The number of aromatic nitrogens is 2. The van der Waals surface area contributed by atoms with Crippen LogP contribution in [0.25, 0.3) is 11.0 Å². The summed E-state index contributed by atoms with van der Waals surface area (Å²) in [5.41, 5.74) is 3.47. The predicted molar refractivity (Wildman–Crippen MR) is 147 cm³/mol. The maximum Gasteiger partial charge on any atom is 0.307 e. The minimum Gasteiger partial charge on any atom is -0.496 e. The molecule has 188 valence electrons. The van der Waals surface area contributed by atoms with Crippen LogP contribution in [0.5, 0.6) is 11.5 Å². The molecule has 1 aliphatic carbocycles. The molecule has 2 N–H and O–H groups in total. The molecule has 0 saturated heterocycles. The first-order valence-corrected chi connectivity index (χ1v) is 13.3. The second-order valence-corrected chi connectivity index (χ2v) is 12.2. The molecular formula is C27H34IN3O4. The Morgan fingerprint density at radius 3 is 2.60 bits per heavy atom. The van der Waals surface area contributed by atoms with E-state index in [9.17, 15) is 9.90 Å². The van der Waals surface area contributed by atoms with Gasteiger partial charge in [0.05, 0.1) is 24.6 Å². The number of rotatable bonds is 8. The number of hydrogen-bond donors (Lipinski definition) is 2. The van der Waals surface area contributed by atoms with Crippen molar-refractivity contribution in [3.8, 4) is 11.5 Å². The normalized spacial score (nSPS) is 20.4. The number of carboxylic acid groups (broad SMARTS) is 1. The molecular weight excluding hydrogens is 557 g/mol. The van der Waals surface area contributed by atoms with Crippen molar-refractivity contribution in [2.24, 2.45) is 11.3 Å². The zero-order chi connectivity index (χ0) is 25.3. The summed E-state index contributed by atoms with van der Waals surface area (Å²) in [6.45, 7) is 8.98. The lowest BCUT2D eigenvalue weighted by Gasteiger charge is -2.40. The van der Waals surface area contributed by atoms with Crippen LogP contribution in [-0.4, -0.2) is 31.8 Å². The molecule has 4 rings (SSSR count). The molecule has 1 aromatic heterocycles. The van der Waals surface area contributed by atoms with Crippen LogP contribution in [0, 0.1) is 11.3 Å². The van der Waals surface area contributed by atoms with Crippen molar-refractivity contribution >= 4 is 51.2 Å². The highest BCUT2D eigenvalue weighted by atomic mass is 127. The summed E-state index contributed by atoms with van der Waals surface area (Å²) in [6.07, 6.45) is 3.18. The van der Waals surface area contributed by atoms with Crippen LogP contribution >= 0.6 is 22.6 Å². The maximum absolute atomic E-state index is 11.4. The Morgan fingerprint density at radius 2 is 2.00 bits per heavy atom. The lowest BCUT2D eigenvalue weighted by Crippen LogP contribution is -2.29. The summed E-state index contributed by atoms with van der Waals surface area (Å²) >= 11 is 2.23. The number of carboxylic acids is 1. The average molecular weight is 591 g/mol. The number of nitrogens with one attached hydrogen (secondary N) is 1. The predicted octanol–water partition coefficient (Wildman–Crippen LogP) is 6.96. The Bertz CT molecular complexity index is 1200. The second-order valence-electron chi connectivity index (χ2n) is 10.4. The standard InChI is InChI=1S/C27H34IN3O4/c1-16-10-20(15-27(3,4)14-16)31-23-13-24(34-5)18(12-25(32)33)11-22(23)30-26(31)29-19-6-8-21(9-7-19)35-17(2)28/h6-9,11,13,16-17,20H,10,12,14-15H2,1-5H3,(H,29,30)(H,32,33). The third-order valence-electron chi connectivity index (χ3n) is 6.57. The number of carbonyl (C=O) groups is 1. The topological polar surface area (TPSA) is 85.6 Å². The number of aliphatic carboxylic acids is 1. The molecule has 1 fully saturated rings. The van der Waals surface area contributed by atoms with E-state index in [-0.39, 0.29) is 22.0 Å². The molecule has 1 heterocycles. The van der Waals surface area contributed by atoms with Crippen molar-refractivity contribution in [3.63, 3.8) is 0 Å². The Balaban J connectivity index is 1.80. The van der Waals surface area contributed by atoms with Gasteiger partial charge in [0, 0.05) is 23.4 Å². The van der Waals surface area contributed by atoms with Crippen molar-refractivity contribution in [2.75, 3.05) is 12.4 Å². The number of alkyl halides is 1. The van der Waals surface area contributed by atoms with Gasteiger partial charge in [-0.05, 0) is 90.4 Å². The summed E-state index contributed by atoms with van der Waals surface area (Å²) in [7, 11) is 1.58. The summed E-state index contributed by atoms with van der Waals surface area (Å²) in [5.74, 6) is 1.84. The largest absolute Gasteiger partial charge is 0.496 e. The van der Waals surface area contributed by atoms with E-state index in [0.717, 1.165) is 41.3 Å². The lowest BCUT2D eigenvalue weighted by molar-refractivity contribution is -0.136. The Kier molecular flexibility index (Phi) is 7.49. The minimum atomic E-state index is -0.897. The van der Waals surface area contributed by atoms with E-state index in [1.54, 1.807) is 7.11 Å². The SMILES string of the molecule is COc1cc2c(cc1CC(=O)O)nc(Nc1ccc(OC(C)I)cc1)n2C1CC(C)CC(C)(C)C1. The van der Waals surface area contributed by atoms with E-state index in [0.29, 0.717) is 17.2 Å². The zero-order valence-electron chi connectivity index (χ0n) is 21.0. The minimum absolute atomic E-state index is 0.0854. The number of benzene rings is 2. The lowest BCUT2D eigenvalue weighted by atomic mass is 9.70. The number of hydrogen-bond acceptors (Lipinski definition) is 5. The molecule has 1 saturated carbocycles. The highest BCUT2D eigenvalue weighted by Crippen LogP contribution is 2.46. The third kappa shape index (κ3) is 6.02. The Hall–Kier alpha value is -2.49. The molecule has 0 radical (unpaired) electrons. The van der Waals surface area contributed by atoms with Crippen molar-refractivity contribution in [1.82, 2.24) is 9.55 Å². The third-order valence-corrected chi connectivity index (χ3v) is 6.83. The molecule has 0 aliphatic heterocycles. The fourth-order valence-electron chi connectivity index (χ4n) is 5.54. The smallest absolute Gasteiger partial charge is 0.307 e. The number of ether oxygens (including phenoxy) is 2. The molecule has 0 amide bonds. The van der Waals surface area contributed by atoms with E-state index >= 15 is 0 Å². The van der Waals surface area contributed by atoms with Gasteiger partial charge in [-0.15, -0.1) is 0 Å². The molecule has 1 aliphatic rings. The number of nitrogens with zero attached hydrogens (tertiary/aromatic N) is 2. The van der Waals surface area contributed by atoms with Crippen LogP contribution in [0.2, 0.25) is 0 Å². The first kappa shape index (κ1) is 25.6. The molecule has 3 aromatic rings. The van der Waals surface area contributed by atoms with Crippen LogP contribution in [0.15, 0.2) is 36.4 Å². The molecule has 7 nitrogen and oxygen atoms in total. The van der Waals surface area contributed by atoms with Crippen molar-refractivity contribution in [2.45, 2.75) is 63.5 Å². The highest BCUT2D eigenvalue weighted by Gasteiger charge is 2.35. The first-order chi connectivity index (χ1) is 16.5. The number of methoxy groups -OCH3 is 1. The number of anilines is 2.